The fraction of sp³-hybridized carbons (Fsp3) is 0.421. The van der Waals surface area contributed by atoms with Gasteiger partial charge in [-0.25, -0.2) is 9.37 Å². The van der Waals surface area contributed by atoms with Gasteiger partial charge in [0.2, 0.25) is 0 Å². The highest BCUT2D eigenvalue weighted by Crippen LogP contribution is 2.37. The van der Waals surface area contributed by atoms with Crippen molar-refractivity contribution in [2.45, 2.75) is 32.1 Å². The number of halogens is 1. The van der Waals surface area contributed by atoms with Crippen molar-refractivity contribution in [2.24, 2.45) is 0 Å². The maximum atomic E-state index is 13.4. The van der Waals surface area contributed by atoms with Crippen LogP contribution < -0.4 is 0 Å². The van der Waals surface area contributed by atoms with Gasteiger partial charge in [0.1, 0.15) is 5.82 Å². The Kier molecular flexibility index (Phi) is 4.66. The fourth-order valence-corrected chi connectivity index (χ4v) is 5.47. The van der Waals surface area contributed by atoms with Gasteiger partial charge in [-0.1, -0.05) is 6.07 Å². The van der Waals surface area contributed by atoms with Crippen molar-refractivity contribution in [3.63, 3.8) is 0 Å². The average molecular weight is 361 g/mol. The first-order valence-electron chi connectivity index (χ1n) is 8.48. The second-order valence-electron chi connectivity index (χ2n) is 6.56. The fourth-order valence-electron chi connectivity index (χ4n) is 3.63. The van der Waals surface area contributed by atoms with Gasteiger partial charge in [0, 0.05) is 16.1 Å². The molecule has 1 aliphatic heterocycles. The molecule has 3 aromatic rings. The van der Waals surface area contributed by atoms with Gasteiger partial charge in [-0.3, -0.25) is 0 Å². The van der Waals surface area contributed by atoms with Gasteiger partial charge in [-0.05, 0) is 73.7 Å². The summed E-state index contributed by atoms with van der Waals surface area (Å²) < 4.78 is 14.4. The van der Waals surface area contributed by atoms with Gasteiger partial charge in [0.15, 0.2) is 0 Å². The van der Waals surface area contributed by atoms with Crippen LogP contribution in [-0.4, -0.2) is 29.5 Å². The van der Waals surface area contributed by atoms with E-state index in [4.69, 9.17) is 0 Å². The zero-order valence-electron chi connectivity index (χ0n) is 13.8. The monoisotopic (exact) mass is 360 g/mol. The smallest absolute Gasteiger partial charge is 0.124 e. The third kappa shape index (κ3) is 3.25. The van der Waals surface area contributed by atoms with Crippen LogP contribution in [0.5, 0.6) is 0 Å². The summed E-state index contributed by atoms with van der Waals surface area (Å²) in [5.74, 6) is 0.481. The van der Waals surface area contributed by atoms with Crippen molar-refractivity contribution in [3.05, 3.63) is 51.0 Å². The summed E-state index contributed by atoms with van der Waals surface area (Å²) in [6.45, 7) is 5.54. The zero-order chi connectivity index (χ0) is 16.5. The highest BCUT2D eigenvalue weighted by atomic mass is 32.1. The second kappa shape index (κ2) is 6.90. The van der Waals surface area contributed by atoms with E-state index in [-0.39, 0.29) is 5.82 Å². The van der Waals surface area contributed by atoms with Crippen LogP contribution >= 0.6 is 22.7 Å². The van der Waals surface area contributed by atoms with Crippen LogP contribution in [0, 0.1) is 12.7 Å². The molecule has 5 heteroatoms. The molecule has 1 aromatic carbocycles. The SMILES string of the molecule is Cc1ncsc1CCN1CCC(c2csc3cc(F)ccc23)CC1. The highest BCUT2D eigenvalue weighted by molar-refractivity contribution is 7.17. The first kappa shape index (κ1) is 16.2. The molecule has 4 rings (SSSR count). The Morgan fingerprint density at radius 3 is 2.83 bits per heavy atom. The van der Waals surface area contributed by atoms with Crippen LogP contribution in [0.2, 0.25) is 0 Å². The number of aromatic nitrogens is 1. The molecule has 0 aliphatic carbocycles. The van der Waals surface area contributed by atoms with Crippen molar-refractivity contribution in [2.75, 3.05) is 19.6 Å². The van der Waals surface area contributed by atoms with Crippen molar-refractivity contribution < 1.29 is 4.39 Å². The molecule has 1 aliphatic rings. The summed E-state index contributed by atoms with van der Waals surface area (Å²) in [6.07, 6.45) is 3.51. The third-order valence-corrected chi connectivity index (χ3v) is 7.05. The predicted molar refractivity (Wildman–Crippen MR) is 101 cm³/mol. The lowest BCUT2D eigenvalue weighted by Crippen LogP contribution is -2.34. The Balaban J connectivity index is 1.38. The summed E-state index contributed by atoms with van der Waals surface area (Å²) in [6, 6.07) is 5.20. The van der Waals surface area contributed by atoms with Gasteiger partial charge >= 0.3 is 0 Å². The van der Waals surface area contributed by atoms with Crippen LogP contribution in [0.4, 0.5) is 4.39 Å². The number of hydrogen-bond acceptors (Lipinski definition) is 4. The Bertz CT molecular complexity index is 831. The number of piperidine rings is 1. The Hall–Kier alpha value is -1.30. The summed E-state index contributed by atoms with van der Waals surface area (Å²) in [5.41, 5.74) is 4.56. The van der Waals surface area contributed by atoms with Crippen molar-refractivity contribution in [1.82, 2.24) is 9.88 Å². The molecule has 2 nitrogen and oxygen atoms in total. The minimum atomic E-state index is -0.135. The molecule has 1 fully saturated rings. The molecule has 3 heterocycles. The maximum Gasteiger partial charge on any atom is 0.124 e. The normalized spacial score (nSPS) is 16.9. The quantitative estimate of drug-likeness (QED) is 0.633. The summed E-state index contributed by atoms with van der Waals surface area (Å²) in [7, 11) is 0. The molecule has 0 spiro atoms. The number of likely N-dealkylation sites (tertiary alicyclic amines) is 1. The third-order valence-electron chi connectivity index (χ3n) is 5.09. The number of hydrogen-bond donors (Lipinski definition) is 0. The number of nitrogens with zero attached hydrogens (tertiary/aromatic N) is 2. The second-order valence-corrected chi connectivity index (χ2v) is 8.41. The Morgan fingerprint density at radius 1 is 1.25 bits per heavy atom. The standard InChI is InChI=1S/C19H21FN2S2/c1-13-18(24-12-21-13)6-9-22-7-4-14(5-8-22)17-11-23-19-10-15(20)2-3-16(17)19/h2-3,10-12,14H,4-9H2,1H3. The lowest BCUT2D eigenvalue weighted by Gasteiger charge is -2.31. The molecular weight excluding hydrogens is 339 g/mol. The zero-order valence-corrected chi connectivity index (χ0v) is 15.4. The largest absolute Gasteiger partial charge is 0.303 e. The summed E-state index contributed by atoms with van der Waals surface area (Å²) >= 11 is 3.45. The maximum absolute atomic E-state index is 13.4. The molecule has 0 N–H and O–H groups in total. The van der Waals surface area contributed by atoms with Gasteiger partial charge in [0.25, 0.3) is 0 Å². The van der Waals surface area contributed by atoms with E-state index in [1.54, 1.807) is 34.8 Å². The van der Waals surface area contributed by atoms with Crippen LogP contribution in [-0.2, 0) is 6.42 Å². The van der Waals surface area contributed by atoms with Crippen LogP contribution in [0.1, 0.15) is 34.9 Å². The Morgan fingerprint density at radius 2 is 2.08 bits per heavy atom. The van der Waals surface area contributed by atoms with Gasteiger partial charge < -0.3 is 4.90 Å². The number of fused-ring (bicyclic) bond motifs is 1. The number of thiophene rings is 1. The van der Waals surface area contributed by atoms with Gasteiger partial charge in [0.05, 0.1) is 11.2 Å². The molecular formula is C19H21FN2S2. The number of thiazole rings is 1. The van der Waals surface area contributed by atoms with Crippen molar-refractivity contribution >= 4 is 32.8 Å². The van der Waals surface area contributed by atoms with Crippen molar-refractivity contribution in [1.29, 1.82) is 0 Å². The minimum absolute atomic E-state index is 0.135. The van der Waals surface area contributed by atoms with Crippen LogP contribution in [0.25, 0.3) is 10.1 Å². The van der Waals surface area contributed by atoms with E-state index in [1.807, 2.05) is 11.6 Å². The summed E-state index contributed by atoms with van der Waals surface area (Å²) in [4.78, 5) is 8.33. The van der Waals surface area contributed by atoms with E-state index in [0.717, 1.165) is 30.8 Å². The molecule has 24 heavy (non-hydrogen) atoms. The topological polar surface area (TPSA) is 16.1 Å². The first-order chi connectivity index (χ1) is 11.7. The van der Waals surface area contributed by atoms with E-state index in [2.05, 4.69) is 22.2 Å². The van der Waals surface area contributed by atoms with Crippen molar-refractivity contribution in [3.8, 4) is 0 Å². The van der Waals surface area contributed by atoms with Crippen LogP contribution in [0.3, 0.4) is 0 Å². The molecule has 0 radical (unpaired) electrons. The Labute approximate surface area is 150 Å². The molecule has 126 valence electrons. The number of rotatable bonds is 4. The lowest BCUT2D eigenvalue weighted by atomic mass is 9.89. The van der Waals surface area contributed by atoms with E-state index < -0.39 is 0 Å². The van der Waals surface area contributed by atoms with Gasteiger partial charge in [-0.15, -0.1) is 22.7 Å². The molecule has 0 atom stereocenters. The van der Waals surface area contributed by atoms with E-state index in [1.165, 1.54) is 34.4 Å². The molecule has 0 amide bonds. The molecule has 2 aromatic heterocycles. The average Bonchev–Trinajstić information content (AvgIpc) is 3.19. The number of aryl methyl sites for hydroxylation is 1. The molecule has 0 saturated carbocycles. The van der Waals surface area contributed by atoms with E-state index >= 15 is 0 Å². The van der Waals surface area contributed by atoms with Crippen LogP contribution in [0.15, 0.2) is 29.1 Å². The first-order valence-corrected chi connectivity index (χ1v) is 10.2. The number of benzene rings is 1. The van der Waals surface area contributed by atoms with E-state index in [0.29, 0.717) is 5.92 Å². The van der Waals surface area contributed by atoms with E-state index in [9.17, 15) is 4.39 Å². The summed E-state index contributed by atoms with van der Waals surface area (Å²) in [5, 5.41) is 3.49. The minimum Gasteiger partial charge on any atom is -0.303 e. The molecule has 1 saturated heterocycles. The van der Waals surface area contributed by atoms with Gasteiger partial charge in [-0.2, -0.15) is 0 Å². The lowest BCUT2D eigenvalue weighted by molar-refractivity contribution is 0.215. The molecule has 0 bridgehead atoms. The molecule has 0 unspecified atom stereocenters. The highest BCUT2D eigenvalue weighted by Gasteiger charge is 2.23. The predicted octanol–water partition coefficient (Wildman–Crippen LogP) is 5.23.